The minimum Gasteiger partial charge on any atom is -0.462 e. The molecule has 0 saturated carbocycles. The molecular weight excluding hydrogens is 374 g/mol. The predicted octanol–water partition coefficient (Wildman–Crippen LogP) is 3.82. The van der Waals surface area contributed by atoms with Crippen molar-refractivity contribution >= 4 is 34.5 Å². The predicted molar refractivity (Wildman–Crippen MR) is 98.5 cm³/mol. The molecule has 0 aliphatic carbocycles. The molecular formula is C17H12ClN5O2S. The highest BCUT2D eigenvalue weighted by Gasteiger charge is 2.15. The lowest BCUT2D eigenvalue weighted by Crippen LogP contribution is -2.16. The number of thiazole rings is 1. The number of anilines is 1. The Bertz CT molecular complexity index is 1030. The molecule has 0 fully saturated rings. The minimum absolute atomic E-state index is 0.139. The Morgan fingerprint density at radius 2 is 2.23 bits per heavy atom. The molecule has 0 spiro atoms. The van der Waals surface area contributed by atoms with E-state index >= 15 is 0 Å². The summed E-state index contributed by atoms with van der Waals surface area (Å²) in [6.07, 6.45) is 4.65. The Morgan fingerprint density at radius 1 is 1.31 bits per heavy atom. The molecule has 0 saturated heterocycles. The first-order valence-electron chi connectivity index (χ1n) is 7.62. The molecule has 0 bridgehead atoms. The lowest BCUT2D eigenvalue weighted by atomic mass is 10.2. The number of hydrogen-bond acceptors (Lipinski definition) is 6. The number of aromatic nitrogens is 4. The standard InChI is InChI=1S/C17H12ClN5O2S/c18-12-3-1-4-13(16(12)23-10-19-9-20-23)22-15(24)7-11-8-26-17(21-11)14-5-2-6-25-14/h1-6,8-10H,7H2,(H,22,24). The quantitative estimate of drug-likeness (QED) is 0.564. The van der Waals surface area contributed by atoms with Crippen molar-refractivity contribution in [3.63, 3.8) is 0 Å². The van der Waals surface area contributed by atoms with Crippen molar-refractivity contribution in [2.45, 2.75) is 6.42 Å². The molecule has 3 heterocycles. The largest absolute Gasteiger partial charge is 0.462 e. The summed E-state index contributed by atoms with van der Waals surface area (Å²) in [4.78, 5) is 20.8. The number of hydrogen-bond donors (Lipinski definition) is 1. The number of furan rings is 1. The van der Waals surface area contributed by atoms with Gasteiger partial charge in [-0.15, -0.1) is 11.3 Å². The molecule has 0 radical (unpaired) electrons. The van der Waals surface area contributed by atoms with Gasteiger partial charge in [-0.2, -0.15) is 5.10 Å². The Balaban J connectivity index is 1.52. The van der Waals surface area contributed by atoms with Crippen LogP contribution in [0.4, 0.5) is 5.69 Å². The average molecular weight is 386 g/mol. The number of rotatable bonds is 5. The Morgan fingerprint density at radius 3 is 3.00 bits per heavy atom. The smallest absolute Gasteiger partial charge is 0.230 e. The van der Waals surface area contributed by atoms with E-state index in [2.05, 4.69) is 20.4 Å². The summed E-state index contributed by atoms with van der Waals surface area (Å²) < 4.78 is 6.83. The third-order valence-electron chi connectivity index (χ3n) is 3.53. The summed E-state index contributed by atoms with van der Waals surface area (Å²) in [5, 5.41) is 9.98. The summed E-state index contributed by atoms with van der Waals surface area (Å²) in [7, 11) is 0. The summed E-state index contributed by atoms with van der Waals surface area (Å²) in [5.74, 6) is 0.481. The van der Waals surface area contributed by atoms with Crippen LogP contribution in [0.5, 0.6) is 0 Å². The third-order valence-corrected chi connectivity index (χ3v) is 4.74. The zero-order valence-electron chi connectivity index (χ0n) is 13.3. The average Bonchev–Trinajstić information content (AvgIpc) is 3.37. The zero-order chi connectivity index (χ0) is 17.9. The van der Waals surface area contributed by atoms with E-state index in [0.29, 0.717) is 27.9 Å². The number of para-hydroxylation sites is 1. The third kappa shape index (κ3) is 3.37. The summed E-state index contributed by atoms with van der Waals surface area (Å²) in [5.41, 5.74) is 1.78. The van der Waals surface area contributed by atoms with Gasteiger partial charge in [0.1, 0.15) is 18.3 Å². The number of nitrogens with zero attached hydrogens (tertiary/aromatic N) is 4. The van der Waals surface area contributed by atoms with Crippen LogP contribution < -0.4 is 5.32 Å². The molecule has 0 unspecified atom stereocenters. The van der Waals surface area contributed by atoms with Gasteiger partial charge in [0.25, 0.3) is 0 Å². The maximum Gasteiger partial charge on any atom is 0.230 e. The van der Waals surface area contributed by atoms with Gasteiger partial charge in [0.15, 0.2) is 10.8 Å². The van der Waals surface area contributed by atoms with Gasteiger partial charge in [-0.1, -0.05) is 17.7 Å². The van der Waals surface area contributed by atoms with Crippen molar-refractivity contribution in [1.29, 1.82) is 0 Å². The van der Waals surface area contributed by atoms with Gasteiger partial charge >= 0.3 is 0 Å². The summed E-state index contributed by atoms with van der Waals surface area (Å²) in [6, 6.07) is 8.88. The van der Waals surface area contributed by atoms with Gasteiger partial charge in [-0.3, -0.25) is 4.79 Å². The lowest BCUT2D eigenvalue weighted by molar-refractivity contribution is -0.115. The first-order chi connectivity index (χ1) is 12.7. The minimum atomic E-state index is -0.204. The van der Waals surface area contributed by atoms with E-state index in [0.717, 1.165) is 5.01 Å². The van der Waals surface area contributed by atoms with Gasteiger partial charge in [-0.05, 0) is 24.3 Å². The molecule has 7 nitrogen and oxygen atoms in total. The van der Waals surface area contributed by atoms with Crippen LogP contribution in [0, 0.1) is 0 Å². The Labute approximate surface area is 157 Å². The van der Waals surface area contributed by atoms with Crippen molar-refractivity contribution in [3.8, 4) is 16.5 Å². The van der Waals surface area contributed by atoms with Crippen LogP contribution in [0.2, 0.25) is 5.02 Å². The van der Waals surface area contributed by atoms with E-state index in [4.69, 9.17) is 16.0 Å². The second-order valence-electron chi connectivity index (χ2n) is 5.32. The van der Waals surface area contributed by atoms with Crippen LogP contribution >= 0.6 is 22.9 Å². The van der Waals surface area contributed by atoms with E-state index in [1.165, 1.54) is 28.7 Å². The number of amides is 1. The van der Waals surface area contributed by atoms with E-state index < -0.39 is 0 Å². The number of benzene rings is 1. The van der Waals surface area contributed by atoms with Crippen LogP contribution in [-0.4, -0.2) is 25.7 Å². The SMILES string of the molecule is O=C(Cc1csc(-c2ccco2)n1)Nc1cccc(Cl)c1-n1cncn1. The van der Waals surface area contributed by atoms with Crippen molar-refractivity contribution in [3.05, 3.63) is 65.3 Å². The second kappa shape index (κ2) is 7.11. The van der Waals surface area contributed by atoms with Crippen molar-refractivity contribution in [1.82, 2.24) is 19.7 Å². The normalized spacial score (nSPS) is 10.8. The monoisotopic (exact) mass is 385 g/mol. The van der Waals surface area contributed by atoms with Crippen molar-refractivity contribution in [2.75, 3.05) is 5.32 Å². The molecule has 0 aliphatic rings. The first-order valence-corrected chi connectivity index (χ1v) is 8.88. The van der Waals surface area contributed by atoms with Crippen LogP contribution in [0.1, 0.15) is 5.69 Å². The fourth-order valence-electron chi connectivity index (χ4n) is 2.43. The van der Waals surface area contributed by atoms with E-state index in [9.17, 15) is 4.79 Å². The molecule has 3 aromatic heterocycles. The van der Waals surface area contributed by atoms with Crippen molar-refractivity contribution in [2.24, 2.45) is 0 Å². The zero-order valence-corrected chi connectivity index (χ0v) is 14.9. The number of carbonyl (C=O) groups excluding carboxylic acids is 1. The number of halogens is 1. The van der Waals surface area contributed by atoms with Gasteiger partial charge in [-0.25, -0.2) is 14.6 Å². The molecule has 4 rings (SSSR count). The van der Waals surface area contributed by atoms with Crippen LogP contribution in [0.3, 0.4) is 0 Å². The van der Waals surface area contributed by atoms with Gasteiger partial charge in [0, 0.05) is 5.38 Å². The Kier molecular flexibility index (Phi) is 4.51. The highest BCUT2D eigenvalue weighted by molar-refractivity contribution is 7.13. The van der Waals surface area contributed by atoms with Crippen LogP contribution in [0.15, 0.2) is 59.0 Å². The van der Waals surface area contributed by atoms with E-state index in [1.54, 1.807) is 30.5 Å². The van der Waals surface area contributed by atoms with E-state index in [1.807, 2.05) is 11.4 Å². The molecule has 26 heavy (non-hydrogen) atoms. The lowest BCUT2D eigenvalue weighted by Gasteiger charge is -2.11. The summed E-state index contributed by atoms with van der Waals surface area (Å²) in [6.45, 7) is 0. The molecule has 0 aliphatic heterocycles. The van der Waals surface area contributed by atoms with Crippen molar-refractivity contribution < 1.29 is 9.21 Å². The molecule has 1 N–H and O–H groups in total. The molecule has 4 aromatic rings. The second-order valence-corrected chi connectivity index (χ2v) is 6.59. The van der Waals surface area contributed by atoms with Gasteiger partial charge in [0.05, 0.1) is 29.1 Å². The number of carbonyl (C=O) groups is 1. The molecule has 9 heteroatoms. The fourth-order valence-corrected chi connectivity index (χ4v) is 3.48. The Hall–Kier alpha value is -2.97. The fraction of sp³-hybridized carbons (Fsp3) is 0.0588. The van der Waals surface area contributed by atoms with E-state index in [-0.39, 0.29) is 12.3 Å². The maximum absolute atomic E-state index is 12.5. The molecule has 130 valence electrons. The topological polar surface area (TPSA) is 85.8 Å². The molecule has 0 atom stereocenters. The van der Waals surface area contributed by atoms with Crippen LogP contribution in [0.25, 0.3) is 16.5 Å². The highest BCUT2D eigenvalue weighted by atomic mass is 35.5. The first kappa shape index (κ1) is 16.5. The number of nitrogens with one attached hydrogen (secondary N) is 1. The molecule has 1 aromatic carbocycles. The highest BCUT2D eigenvalue weighted by Crippen LogP contribution is 2.28. The summed E-state index contributed by atoms with van der Waals surface area (Å²) >= 11 is 7.69. The maximum atomic E-state index is 12.5. The molecule has 1 amide bonds. The van der Waals surface area contributed by atoms with Gasteiger partial charge in [0.2, 0.25) is 5.91 Å². The van der Waals surface area contributed by atoms with Gasteiger partial charge < -0.3 is 9.73 Å². The van der Waals surface area contributed by atoms with Crippen LogP contribution in [-0.2, 0) is 11.2 Å².